The van der Waals surface area contributed by atoms with E-state index in [0.29, 0.717) is 12.8 Å². The second-order valence-electron chi connectivity index (χ2n) is 7.47. The van der Waals surface area contributed by atoms with Gasteiger partial charge in [0.2, 0.25) is 10.0 Å². The molecule has 1 aromatic heterocycles. The average molecular weight is 384 g/mol. The summed E-state index contributed by atoms with van der Waals surface area (Å²) >= 11 is 0. The Kier molecular flexibility index (Phi) is 4.68. The molecular formula is C16H24N4O5S. The lowest BCUT2D eigenvalue weighted by Gasteiger charge is -2.36. The van der Waals surface area contributed by atoms with Crippen LogP contribution in [0.3, 0.4) is 0 Å². The minimum Gasteiger partial charge on any atom is -0.467 e. The largest absolute Gasteiger partial charge is 0.467 e. The van der Waals surface area contributed by atoms with Crippen molar-refractivity contribution in [2.45, 2.75) is 39.7 Å². The number of ether oxygens (including phenoxy) is 2. The zero-order chi connectivity index (χ0) is 19.2. The number of Topliss-reactive ketones (excluding diaryl/α,β-unsaturated/α-hetero) is 1. The molecule has 0 aliphatic heterocycles. The standard InChI is InChI=1S/C16H24N4O5S/c1-15(2)10-5-6-16(15,11(21)7-10)9-26(22,23)17-8-12-18-13(24-3)20-14(19-12)25-4/h10,17H,5-9H2,1-4H3/t10?,16-/m1/s1. The van der Waals surface area contributed by atoms with E-state index in [1.54, 1.807) is 0 Å². The number of hydrogen-bond acceptors (Lipinski definition) is 8. The van der Waals surface area contributed by atoms with Crippen LogP contribution in [0.15, 0.2) is 0 Å². The summed E-state index contributed by atoms with van der Waals surface area (Å²) in [6.07, 6.45) is 2.00. The first-order chi connectivity index (χ1) is 12.1. The molecule has 2 bridgehead atoms. The lowest BCUT2D eigenvalue weighted by Crippen LogP contribution is -2.45. The molecule has 2 atom stereocenters. The third kappa shape index (κ3) is 3.05. The van der Waals surface area contributed by atoms with Crippen LogP contribution >= 0.6 is 0 Å². The van der Waals surface area contributed by atoms with Crippen molar-refractivity contribution >= 4 is 15.8 Å². The Labute approximate surface area is 153 Å². The monoisotopic (exact) mass is 384 g/mol. The third-order valence-electron chi connectivity index (χ3n) is 6.03. The molecule has 9 nitrogen and oxygen atoms in total. The van der Waals surface area contributed by atoms with Gasteiger partial charge in [-0.15, -0.1) is 4.98 Å². The van der Waals surface area contributed by atoms with Gasteiger partial charge in [-0.05, 0) is 24.2 Å². The second kappa shape index (κ2) is 6.41. The van der Waals surface area contributed by atoms with Gasteiger partial charge in [0.15, 0.2) is 5.82 Å². The van der Waals surface area contributed by atoms with E-state index in [1.807, 2.05) is 13.8 Å². The second-order valence-corrected chi connectivity index (χ2v) is 9.28. The van der Waals surface area contributed by atoms with Crippen LogP contribution in [-0.4, -0.2) is 49.1 Å². The Morgan fingerprint density at radius 1 is 1.15 bits per heavy atom. The summed E-state index contributed by atoms with van der Waals surface area (Å²) < 4.78 is 37.8. The predicted octanol–water partition coefficient (Wildman–Crippen LogP) is 0.704. The third-order valence-corrected chi connectivity index (χ3v) is 7.49. The molecule has 2 fully saturated rings. The van der Waals surface area contributed by atoms with Gasteiger partial charge in [0.1, 0.15) is 5.78 Å². The molecule has 3 rings (SSSR count). The summed E-state index contributed by atoms with van der Waals surface area (Å²) in [6.45, 7) is 3.88. The maximum Gasteiger partial charge on any atom is 0.322 e. The first kappa shape index (κ1) is 19.0. The van der Waals surface area contributed by atoms with Gasteiger partial charge in [0.05, 0.1) is 26.5 Å². The summed E-state index contributed by atoms with van der Waals surface area (Å²) in [4.78, 5) is 24.4. The van der Waals surface area contributed by atoms with Gasteiger partial charge in [-0.1, -0.05) is 13.8 Å². The molecule has 10 heteroatoms. The van der Waals surface area contributed by atoms with Gasteiger partial charge in [-0.25, -0.2) is 13.1 Å². The zero-order valence-electron chi connectivity index (χ0n) is 15.4. The van der Waals surface area contributed by atoms with Crippen molar-refractivity contribution < 1.29 is 22.7 Å². The van der Waals surface area contributed by atoms with E-state index in [2.05, 4.69) is 19.7 Å². The van der Waals surface area contributed by atoms with E-state index in [-0.39, 0.29) is 47.3 Å². The Morgan fingerprint density at radius 2 is 1.77 bits per heavy atom. The number of methoxy groups -OCH3 is 2. The van der Waals surface area contributed by atoms with Crippen molar-refractivity contribution in [2.75, 3.05) is 20.0 Å². The van der Waals surface area contributed by atoms with Crippen LogP contribution in [-0.2, 0) is 21.4 Å². The van der Waals surface area contributed by atoms with Gasteiger partial charge >= 0.3 is 12.0 Å². The number of ketones is 1. The summed E-state index contributed by atoms with van der Waals surface area (Å²) in [5, 5.41) is 0. The van der Waals surface area contributed by atoms with E-state index in [9.17, 15) is 13.2 Å². The first-order valence-electron chi connectivity index (χ1n) is 8.47. The Hall–Kier alpha value is -1.81. The number of nitrogens with one attached hydrogen (secondary N) is 1. The van der Waals surface area contributed by atoms with E-state index < -0.39 is 15.4 Å². The van der Waals surface area contributed by atoms with Crippen LogP contribution < -0.4 is 14.2 Å². The van der Waals surface area contributed by atoms with Crippen LogP contribution in [0, 0.1) is 16.7 Å². The molecule has 1 unspecified atom stereocenters. The lowest BCUT2D eigenvalue weighted by atomic mass is 9.70. The molecule has 0 aromatic carbocycles. The molecule has 0 radical (unpaired) electrons. The molecule has 0 spiro atoms. The highest BCUT2D eigenvalue weighted by atomic mass is 32.2. The highest BCUT2D eigenvalue weighted by Gasteiger charge is 2.65. The fraction of sp³-hybridized carbons (Fsp3) is 0.750. The van der Waals surface area contributed by atoms with Crippen molar-refractivity contribution in [2.24, 2.45) is 16.7 Å². The van der Waals surface area contributed by atoms with Crippen molar-refractivity contribution in [3.8, 4) is 12.0 Å². The smallest absolute Gasteiger partial charge is 0.322 e. The molecule has 0 amide bonds. The average Bonchev–Trinajstić information content (AvgIpc) is 2.93. The predicted molar refractivity (Wildman–Crippen MR) is 92.1 cm³/mol. The number of carbonyl (C=O) groups is 1. The minimum atomic E-state index is -3.70. The number of sulfonamides is 1. The number of aromatic nitrogens is 3. The molecule has 2 saturated carbocycles. The SMILES string of the molecule is COc1nc(CNS(=O)(=O)C[C@]23CCC(CC2=O)C3(C)C)nc(OC)n1. The Morgan fingerprint density at radius 3 is 2.23 bits per heavy atom. The highest BCUT2D eigenvalue weighted by Crippen LogP contribution is 2.64. The molecule has 1 aromatic rings. The summed E-state index contributed by atoms with van der Waals surface area (Å²) in [5.74, 6) is 0.299. The first-order valence-corrected chi connectivity index (χ1v) is 10.1. The Balaban J connectivity index is 1.75. The molecule has 26 heavy (non-hydrogen) atoms. The molecule has 2 aliphatic rings. The fourth-order valence-corrected chi connectivity index (χ4v) is 6.07. The number of hydrogen-bond donors (Lipinski definition) is 1. The van der Waals surface area contributed by atoms with Crippen molar-refractivity contribution in [1.82, 2.24) is 19.7 Å². The summed E-state index contributed by atoms with van der Waals surface area (Å²) in [6, 6.07) is 0.0748. The zero-order valence-corrected chi connectivity index (χ0v) is 16.2. The van der Waals surface area contributed by atoms with Crippen molar-refractivity contribution in [3.63, 3.8) is 0 Å². The number of fused-ring (bicyclic) bond motifs is 2. The van der Waals surface area contributed by atoms with Gasteiger partial charge in [-0.2, -0.15) is 9.97 Å². The maximum absolute atomic E-state index is 12.7. The topological polar surface area (TPSA) is 120 Å². The number of nitrogens with zero attached hydrogens (tertiary/aromatic N) is 3. The molecular weight excluding hydrogens is 360 g/mol. The molecule has 144 valence electrons. The van der Waals surface area contributed by atoms with E-state index >= 15 is 0 Å². The molecule has 0 saturated heterocycles. The van der Waals surface area contributed by atoms with E-state index in [0.717, 1.165) is 6.42 Å². The van der Waals surface area contributed by atoms with Gasteiger partial charge in [0.25, 0.3) is 0 Å². The lowest BCUT2D eigenvalue weighted by molar-refractivity contribution is -0.128. The van der Waals surface area contributed by atoms with E-state index in [1.165, 1.54) is 14.2 Å². The van der Waals surface area contributed by atoms with Crippen molar-refractivity contribution in [3.05, 3.63) is 5.82 Å². The van der Waals surface area contributed by atoms with Gasteiger partial charge < -0.3 is 9.47 Å². The van der Waals surface area contributed by atoms with Gasteiger partial charge in [0, 0.05) is 11.8 Å². The van der Waals surface area contributed by atoms with E-state index in [4.69, 9.17) is 9.47 Å². The maximum atomic E-state index is 12.7. The van der Waals surface area contributed by atoms with Gasteiger partial charge in [-0.3, -0.25) is 4.79 Å². The number of carbonyl (C=O) groups excluding carboxylic acids is 1. The van der Waals surface area contributed by atoms with Crippen LogP contribution in [0.1, 0.15) is 38.9 Å². The number of rotatable bonds is 7. The molecule has 1 N–H and O–H groups in total. The normalized spacial score (nSPS) is 26.9. The van der Waals surface area contributed by atoms with Crippen LogP contribution in [0.25, 0.3) is 0 Å². The summed E-state index contributed by atoms with van der Waals surface area (Å²) in [7, 11) is -0.913. The highest BCUT2D eigenvalue weighted by molar-refractivity contribution is 7.89. The van der Waals surface area contributed by atoms with Crippen LogP contribution in [0.5, 0.6) is 12.0 Å². The van der Waals surface area contributed by atoms with Crippen LogP contribution in [0.2, 0.25) is 0 Å². The molecule has 1 heterocycles. The van der Waals surface area contributed by atoms with Crippen molar-refractivity contribution in [1.29, 1.82) is 0 Å². The quantitative estimate of drug-likeness (QED) is 0.729. The molecule has 2 aliphatic carbocycles. The fourth-order valence-electron chi connectivity index (χ4n) is 4.30. The van der Waals surface area contributed by atoms with Crippen LogP contribution in [0.4, 0.5) is 0 Å². The minimum absolute atomic E-state index is 0.0374. The summed E-state index contributed by atoms with van der Waals surface area (Å²) in [5.41, 5.74) is -1.11. The Bertz CT molecular complexity index is 804.